The summed E-state index contributed by atoms with van der Waals surface area (Å²) in [4.78, 5) is 38.7. The highest BCUT2D eigenvalue weighted by atomic mass is 16.6. The Hall–Kier alpha value is -2.84. The van der Waals surface area contributed by atoms with Crippen LogP contribution in [0.4, 0.5) is 4.79 Å². The summed E-state index contributed by atoms with van der Waals surface area (Å²) >= 11 is 0. The normalized spacial score (nSPS) is 11.9. The minimum Gasteiger partial charge on any atom is -0.475 e. The van der Waals surface area contributed by atoms with Crippen LogP contribution in [0.3, 0.4) is 0 Å². The number of methoxy groups -OCH3 is 1. The second-order valence-electron chi connectivity index (χ2n) is 6.68. The molecule has 0 aliphatic heterocycles. The van der Waals surface area contributed by atoms with Gasteiger partial charge in [0, 0.05) is 6.07 Å². The largest absolute Gasteiger partial charge is 0.475 e. The number of pyridine rings is 1. The van der Waals surface area contributed by atoms with Crippen molar-refractivity contribution in [2.75, 3.05) is 20.3 Å². The minimum absolute atomic E-state index is 0.0354. The van der Waals surface area contributed by atoms with Crippen LogP contribution in [0.2, 0.25) is 0 Å². The van der Waals surface area contributed by atoms with Crippen molar-refractivity contribution in [2.45, 2.75) is 45.8 Å². The van der Waals surface area contributed by atoms with Crippen LogP contribution in [0.1, 0.15) is 44.6 Å². The summed E-state index contributed by atoms with van der Waals surface area (Å²) in [7, 11) is 1.26. The van der Waals surface area contributed by atoms with E-state index >= 15 is 0 Å². The molecule has 1 aromatic rings. The van der Waals surface area contributed by atoms with Crippen molar-refractivity contribution in [1.82, 2.24) is 10.3 Å². The van der Waals surface area contributed by atoms with Crippen molar-refractivity contribution in [3.05, 3.63) is 23.9 Å². The van der Waals surface area contributed by atoms with E-state index in [0.29, 0.717) is 0 Å². The number of nitrogens with zero attached hydrogens (tertiary/aromatic N) is 1. The molecule has 1 aromatic heterocycles. The number of rotatable bonds is 8. The van der Waals surface area contributed by atoms with Crippen LogP contribution < -0.4 is 10.1 Å². The zero-order chi connectivity index (χ0) is 20.4. The molecular formula is C18H26N2O7. The lowest BCUT2D eigenvalue weighted by Gasteiger charge is -2.22. The van der Waals surface area contributed by atoms with E-state index in [1.54, 1.807) is 39.8 Å². The molecule has 0 radical (unpaired) electrons. The molecular weight excluding hydrogens is 356 g/mol. The topological polar surface area (TPSA) is 113 Å². The summed E-state index contributed by atoms with van der Waals surface area (Å²) in [6.07, 6.45) is -0.582. The van der Waals surface area contributed by atoms with Crippen LogP contribution in [0, 0.1) is 0 Å². The van der Waals surface area contributed by atoms with Crippen molar-refractivity contribution < 1.29 is 33.3 Å². The molecule has 0 aromatic carbocycles. The number of aromatic nitrogens is 1. The molecule has 0 saturated carbocycles. The Labute approximate surface area is 158 Å². The summed E-state index contributed by atoms with van der Waals surface area (Å²) < 4.78 is 20.1. The number of amides is 1. The average Bonchev–Trinajstić information content (AvgIpc) is 2.58. The van der Waals surface area contributed by atoms with Gasteiger partial charge in [0.15, 0.2) is 5.69 Å². The van der Waals surface area contributed by atoms with Gasteiger partial charge in [-0.1, -0.05) is 6.07 Å². The Morgan fingerprint density at radius 1 is 1.22 bits per heavy atom. The van der Waals surface area contributed by atoms with Crippen LogP contribution >= 0.6 is 0 Å². The Morgan fingerprint density at radius 2 is 1.93 bits per heavy atom. The van der Waals surface area contributed by atoms with Gasteiger partial charge in [0.2, 0.25) is 5.88 Å². The van der Waals surface area contributed by atoms with Crippen LogP contribution in [0.25, 0.3) is 0 Å². The highest BCUT2D eigenvalue weighted by Crippen LogP contribution is 2.10. The van der Waals surface area contributed by atoms with Gasteiger partial charge in [-0.15, -0.1) is 0 Å². The van der Waals surface area contributed by atoms with Crippen LogP contribution in [0.15, 0.2) is 18.2 Å². The zero-order valence-electron chi connectivity index (χ0n) is 16.2. The summed E-state index contributed by atoms with van der Waals surface area (Å²) in [5, 5.41) is 2.64. The van der Waals surface area contributed by atoms with Gasteiger partial charge in [-0.05, 0) is 33.8 Å². The number of hydrogen-bond acceptors (Lipinski definition) is 8. The molecule has 9 heteroatoms. The SMILES string of the molecule is COC(=O)CCOC(=O)c1cccc(OCC(C)NC(=O)OC(C)(C)C)n1. The van der Waals surface area contributed by atoms with Crippen molar-refractivity contribution in [1.29, 1.82) is 0 Å². The fourth-order valence-corrected chi connectivity index (χ4v) is 1.77. The predicted octanol–water partition coefficient (Wildman–Crippen LogP) is 2.09. The van der Waals surface area contributed by atoms with E-state index in [-0.39, 0.29) is 37.3 Å². The molecule has 1 heterocycles. The highest BCUT2D eigenvalue weighted by molar-refractivity contribution is 5.87. The van der Waals surface area contributed by atoms with Gasteiger partial charge in [0.25, 0.3) is 0 Å². The van der Waals surface area contributed by atoms with E-state index in [4.69, 9.17) is 14.2 Å². The van der Waals surface area contributed by atoms with Crippen LogP contribution in [0.5, 0.6) is 5.88 Å². The summed E-state index contributed by atoms with van der Waals surface area (Å²) in [5.74, 6) is -0.946. The smallest absolute Gasteiger partial charge is 0.407 e. The van der Waals surface area contributed by atoms with E-state index in [2.05, 4.69) is 15.0 Å². The summed E-state index contributed by atoms with van der Waals surface area (Å²) in [6.45, 7) is 7.09. The van der Waals surface area contributed by atoms with Gasteiger partial charge in [-0.3, -0.25) is 4.79 Å². The first-order valence-electron chi connectivity index (χ1n) is 8.44. The molecule has 1 unspecified atom stereocenters. The first kappa shape index (κ1) is 22.2. The average molecular weight is 382 g/mol. The standard InChI is InChI=1S/C18H26N2O7/c1-12(19-17(23)27-18(2,3)4)11-26-14-8-6-7-13(20-14)16(22)25-10-9-15(21)24-5/h6-8,12H,9-11H2,1-5H3,(H,19,23). The molecule has 1 amide bonds. The lowest BCUT2D eigenvalue weighted by Crippen LogP contribution is -2.40. The van der Waals surface area contributed by atoms with Gasteiger partial charge in [-0.2, -0.15) is 0 Å². The number of hydrogen-bond donors (Lipinski definition) is 1. The number of carbonyl (C=O) groups excluding carboxylic acids is 3. The third-order valence-corrected chi connectivity index (χ3v) is 2.94. The van der Waals surface area contributed by atoms with Crippen molar-refractivity contribution in [3.8, 4) is 5.88 Å². The Balaban J connectivity index is 2.48. The van der Waals surface area contributed by atoms with Gasteiger partial charge >= 0.3 is 18.0 Å². The van der Waals surface area contributed by atoms with Crippen molar-refractivity contribution in [2.24, 2.45) is 0 Å². The predicted molar refractivity (Wildman–Crippen MR) is 95.5 cm³/mol. The number of alkyl carbamates (subject to hydrolysis) is 1. The molecule has 0 bridgehead atoms. The first-order chi connectivity index (χ1) is 12.6. The Bertz CT molecular complexity index is 655. The number of carbonyl (C=O) groups is 3. The van der Waals surface area contributed by atoms with Crippen molar-refractivity contribution >= 4 is 18.0 Å². The van der Waals surface area contributed by atoms with Gasteiger partial charge in [0.1, 0.15) is 18.8 Å². The molecule has 1 N–H and O–H groups in total. The van der Waals surface area contributed by atoms with E-state index in [1.807, 2.05) is 0 Å². The number of nitrogens with one attached hydrogen (secondary N) is 1. The lowest BCUT2D eigenvalue weighted by atomic mass is 10.2. The third kappa shape index (κ3) is 9.43. The molecule has 0 saturated heterocycles. The molecule has 0 aliphatic rings. The van der Waals surface area contributed by atoms with E-state index in [9.17, 15) is 14.4 Å². The molecule has 0 aliphatic carbocycles. The summed E-state index contributed by atoms with van der Waals surface area (Å²) in [5.41, 5.74) is -0.542. The Kier molecular flexibility index (Phi) is 8.50. The maximum Gasteiger partial charge on any atom is 0.407 e. The van der Waals surface area contributed by atoms with Gasteiger partial charge < -0.3 is 24.3 Å². The first-order valence-corrected chi connectivity index (χ1v) is 8.44. The fraction of sp³-hybridized carbons (Fsp3) is 0.556. The number of ether oxygens (including phenoxy) is 4. The molecule has 1 atom stereocenters. The molecule has 0 fully saturated rings. The van der Waals surface area contributed by atoms with Crippen LogP contribution in [-0.4, -0.2) is 55.0 Å². The molecule has 0 spiro atoms. The fourth-order valence-electron chi connectivity index (χ4n) is 1.77. The third-order valence-electron chi connectivity index (χ3n) is 2.94. The lowest BCUT2D eigenvalue weighted by molar-refractivity contribution is -0.141. The minimum atomic E-state index is -0.677. The molecule has 1 rings (SSSR count). The van der Waals surface area contributed by atoms with E-state index in [1.165, 1.54) is 13.2 Å². The zero-order valence-corrected chi connectivity index (χ0v) is 16.2. The van der Waals surface area contributed by atoms with Crippen LogP contribution in [-0.2, 0) is 19.0 Å². The number of esters is 2. The van der Waals surface area contributed by atoms with E-state index in [0.717, 1.165) is 0 Å². The second kappa shape index (κ2) is 10.3. The Morgan fingerprint density at radius 3 is 2.56 bits per heavy atom. The monoisotopic (exact) mass is 382 g/mol. The maximum absolute atomic E-state index is 11.9. The molecule has 150 valence electrons. The van der Waals surface area contributed by atoms with E-state index < -0.39 is 23.6 Å². The molecule has 9 nitrogen and oxygen atoms in total. The summed E-state index contributed by atoms with van der Waals surface area (Å²) in [6, 6.07) is 4.30. The quantitative estimate of drug-likeness (QED) is 0.537. The van der Waals surface area contributed by atoms with Gasteiger partial charge in [0.05, 0.1) is 19.6 Å². The molecule has 27 heavy (non-hydrogen) atoms. The van der Waals surface area contributed by atoms with Gasteiger partial charge in [-0.25, -0.2) is 14.6 Å². The van der Waals surface area contributed by atoms with Crippen molar-refractivity contribution in [3.63, 3.8) is 0 Å². The maximum atomic E-state index is 11.9. The highest BCUT2D eigenvalue weighted by Gasteiger charge is 2.18. The second-order valence-corrected chi connectivity index (χ2v) is 6.68.